The topological polar surface area (TPSA) is 59.2 Å². The first kappa shape index (κ1) is 12.9. The van der Waals surface area contributed by atoms with Crippen LogP contribution in [0.3, 0.4) is 0 Å². The zero-order valence-electron chi connectivity index (χ0n) is 11.3. The Labute approximate surface area is 108 Å². The molecule has 1 aromatic rings. The van der Waals surface area contributed by atoms with Gasteiger partial charge in [-0.2, -0.15) is 0 Å². The lowest BCUT2D eigenvalue weighted by Gasteiger charge is -2.38. The summed E-state index contributed by atoms with van der Waals surface area (Å²) in [5.41, 5.74) is 7.65. The first-order chi connectivity index (χ1) is 8.50. The summed E-state index contributed by atoms with van der Waals surface area (Å²) in [6.07, 6.45) is 3.86. The third-order valence-electron chi connectivity index (χ3n) is 3.97. The average molecular weight is 247 g/mol. The summed E-state index contributed by atoms with van der Waals surface area (Å²) in [4.78, 5) is 18.7. The number of nitrogens with two attached hydrogens (primary N) is 1. The van der Waals surface area contributed by atoms with Crippen LogP contribution in [0.5, 0.6) is 0 Å². The minimum absolute atomic E-state index is 0.0614. The first-order valence-electron chi connectivity index (χ1n) is 6.53. The fourth-order valence-electron chi connectivity index (χ4n) is 2.54. The van der Waals surface area contributed by atoms with E-state index in [0.717, 1.165) is 18.7 Å². The number of aryl methyl sites for hydroxylation is 1. The molecule has 0 saturated carbocycles. The van der Waals surface area contributed by atoms with Crippen LogP contribution >= 0.6 is 0 Å². The molecule has 0 aliphatic carbocycles. The largest absolute Gasteiger partial charge is 0.397 e. The van der Waals surface area contributed by atoms with Crippen LogP contribution in [-0.4, -0.2) is 28.4 Å². The van der Waals surface area contributed by atoms with Gasteiger partial charge in [0.1, 0.15) is 0 Å². The molecule has 2 atom stereocenters. The molecule has 1 saturated heterocycles. The predicted octanol–water partition coefficient (Wildman–Crippen LogP) is 2.23. The molecule has 0 spiro atoms. The second-order valence-corrected chi connectivity index (χ2v) is 5.26. The van der Waals surface area contributed by atoms with Crippen LogP contribution in [-0.2, 0) is 0 Å². The van der Waals surface area contributed by atoms with Crippen LogP contribution in [0, 0.1) is 12.8 Å². The zero-order chi connectivity index (χ0) is 13.3. The van der Waals surface area contributed by atoms with Gasteiger partial charge in [-0.1, -0.05) is 6.92 Å². The van der Waals surface area contributed by atoms with Gasteiger partial charge in [0.25, 0.3) is 5.91 Å². The summed E-state index contributed by atoms with van der Waals surface area (Å²) in [7, 11) is 0. The number of amides is 1. The summed E-state index contributed by atoms with van der Waals surface area (Å²) in [5, 5.41) is 0. The maximum absolute atomic E-state index is 12.6. The maximum atomic E-state index is 12.6. The highest BCUT2D eigenvalue weighted by molar-refractivity contribution is 5.96. The van der Waals surface area contributed by atoms with Crippen molar-refractivity contribution >= 4 is 11.6 Å². The fraction of sp³-hybridized carbons (Fsp3) is 0.571. The van der Waals surface area contributed by atoms with Crippen LogP contribution in [0.15, 0.2) is 12.3 Å². The third-order valence-corrected chi connectivity index (χ3v) is 3.97. The van der Waals surface area contributed by atoms with Crippen molar-refractivity contribution in [1.82, 2.24) is 9.88 Å². The molecule has 18 heavy (non-hydrogen) atoms. The van der Waals surface area contributed by atoms with Gasteiger partial charge in [-0.25, -0.2) is 0 Å². The van der Waals surface area contributed by atoms with Gasteiger partial charge >= 0.3 is 0 Å². The lowest BCUT2D eigenvalue weighted by Crippen LogP contribution is -2.46. The molecule has 98 valence electrons. The molecule has 0 aromatic carbocycles. The van der Waals surface area contributed by atoms with E-state index in [1.165, 1.54) is 6.42 Å². The van der Waals surface area contributed by atoms with Gasteiger partial charge in [0.05, 0.1) is 23.1 Å². The van der Waals surface area contributed by atoms with Gasteiger partial charge in [-0.05, 0) is 38.7 Å². The number of carbonyl (C=O) groups is 1. The van der Waals surface area contributed by atoms with Crippen LogP contribution < -0.4 is 5.73 Å². The van der Waals surface area contributed by atoms with Crippen molar-refractivity contribution in [3.8, 4) is 0 Å². The molecule has 1 aliphatic rings. The maximum Gasteiger partial charge on any atom is 0.256 e. The number of hydrogen-bond donors (Lipinski definition) is 1. The average Bonchev–Trinajstić information content (AvgIpc) is 2.35. The molecule has 1 aromatic heterocycles. The highest BCUT2D eigenvalue weighted by Gasteiger charge is 2.29. The Balaban J connectivity index is 2.27. The number of anilines is 1. The van der Waals surface area contributed by atoms with Crippen LogP contribution in [0.25, 0.3) is 0 Å². The number of likely N-dealkylation sites (tertiary alicyclic amines) is 1. The minimum Gasteiger partial charge on any atom is -0.397 e. The fourth-order valence-corrected chi connectivity index (χ4v) is 2.54. The molecular weight excluding hydrogens is 226 g/mol. The number of rotatable bonds is 1. The van der Waals surface area contributed by atoms with E-state index in [9.17, 15) is 4.79 Å². The van der Waals surface area contributed by atoms with Crippen LogP contribution in [0.4, 0.5) is 5.69 Å². The minimum atomic E-state index is 0.0614. The highest BCUT2D eigenvalue weighted by Crippen LogP contribution is 2.25. The van der Waals surface area contributed by atoms with Crippen molar-refractivity contribution < 1.29 is 4.79 Å². The van der Waals surface area contributed by atoms with Crippen molar-refractivity contribution in [2.45, 2.75) is 39.7 Å². The number of aromatic nitrogens is 1. The van der Waals surface area contributed by atoms with Gasteiger partial charge in [-0.3, -0.25) is 9.78 Å². The smallest absolute Gasteiger partial charge is 0.256 e. The standard InChI is InChI=1S/C14H21N3O/c1-9-5-4-6-17(11(9)3)14(18)13-7-12(15)8-16-10(13)2/h7-9,11H,4-6,15H2,1-3H3. The van der Waals surface area contributed by atoms with E-state index in [-0.39, 0.29) is 11.9 Å². The molecule has 4 nitrogen and oxygen atoms in total. The van der Waals surface area contributed by atoms with Crippen LogP contribution in [0.2, 0.25) is 0 Å². The van der Waals surface area contributed by atoms with Crippen molar-refractivity contribution in [2.75, 3.05) is 12.3 Å². The number of nitrogen functional groups attached to an aromatic ring is 1. The van der Waals surface area contributed by atoms with E-state index in [0.29, 0.717) is 17.2 Å². The molecule has 1 amide bonds. The number of hydrogen-bond acceptors (Lipinski definition) is 3. The monoisotopic (exact) mass is 247 g/mol. The summed E-state index contributed by atoms with van der Waals surface area (Å²) in [5.74, 6) is 0.614. The third kappa shape index (κ3) is 2.33. The second-order valence-electron chi connectivity index (χ2n) is 5.26. The normalized spacial score (nSPS) is 24.1. The zero-order valence-corrected chi connectivity index (χ0v) is 11.3. The van der Waals surface area contributed by atoms with Crippen molar-refractivity contribution in [1.29, 1.82) is 0 Å². The van der Waals surface area contributed by atoms with E-state index in [1.807, 2.05) is 11.8 Å². The van der Waals surface area contributed by atoms with E-state index in [1.54, 1.807) is 12.3 Å². The van der Waals surface area contributed by atoms with Gasteiger partial charge in [0.2, 0.25) is 0 Å². The molecule has 4 heteroatoms. The first-order valence-corrected chi connectivity index (χ1v) is 6.53. The predicted molar refractivity (Wildman–Crippen MR) is 72.3 cm³/mol. The Morgan fingerprint density at radius 2 is 2.22 bits per heavy atom. The molecule has 2 heterocycles. The molecule has 2 unspecified atom stereocenters. The Kier molecular flexibility index (Phi) is 3.55. The van der Waals surface area contributed by atoms with Gasteiger partial charge < -0.3 is 10.6 Å². The quantitative estimate of drug-likeness (QED) is 0.828. The van der Waals surface area contributed by atoms with Gasteiger partial charge in [-0.15, -0.1) is 0 Å². The Bertz CT molecular complexity index is 458. The Morgan fingerprint density at radius 3 is 2.94 bits per heavy atom. The summed E-state index contributed by atoms with van der Waals surface area (Å²) < 4.78 is 0. The molecule has 2 rings (SSSR count). The van der Waals surface area contributed by atoms with Gasteiger partial charge in [0.15, 0.2) is 0 Å². The molecule has 0 radical (unpaired) electrons. The van der Waals surface area contributed by atoms with Gasteiger partial charge in [0, 0.05) is 12.6 Å². The van der Waals surface area contributed by atoms with Crippen molar-refractivity contribution in [3.63, 3.8) is 0 Å². The summed E-state index contributed by atoms with van der Waals surface area (Å²) in [6, 6.07) is 2.02. The van der Waals surface area contributed by atoms with E-state index < -0.39 is 0 Å². The molecular formula is C14H21N3O. The Hall–Kier alpha value is -1.58. The SMILES string of the molecule is Cc1ncc(N)cc1C(=O)N1CCCC(C)C1C. The summed E-state index contributed by atoms with van der Waals surface area (Å²) >= 11 is 0. The molecule has 1 fully saturated rings. The van der Waals surface area contributed by atoms with Crippen molar-refractivity contribution in [2.24, 2.45) is 5.92 Å². The lowest BCUT2D eigenvalue weighted by molar-refractivity contribution is 0.0550. The van der Waals surface area contributed by atoms with E-state index in [2.05, 4.69) is 18.8 Å². The summed E-state index contributed by atoms with van der Waals surface area (Å²) in [6.45, 7) is 7.01. The number of pyridine rings is 1. The van der Waals surface area contributed by atoms with Crippen molar-refractivity contribution in [3.05, 3.63) is 23.5 Å². The molecule has 2 N–H and O–H groups in total. The second kappa shape index (κ2) is 4.96. The highest BCUT2D eigenvalue weighted by atomic mass is 16.2. The number of carbonyl (C=O) groups excluding carboxylic acids is 1. The Morgan fingerprint density at radius 1 is 1.50 bits per heavy atom. The van der Waals surface area contributed by atoms with E-state index >= 15 is 0 Å². The molecule has 0 bridgehead atoms. The number of piperidine rings is 1. The number of nitrogens with zero attached hydrogens (tertiary/aromatic N) is 2. The lowest BCUT2D eigenvalue weighted by atomic mass is 9.91. The molecule has 1 aliphatic heterocycles. The van der Waals surface area contributed by atoms with E-state index in [4.69, 9.17) is 5.73 Å². The van der Waals surface area contributed by atoms with Crippen LogP contribution in [0.1, 0.15) is 42.7 Å².